The quantitative estimate of drug-likeness (QED) is 0.915. The molecule has 2 amide bonds. The molecule has 5 heteroatoms. The summed E-state index contributed by atoms with van der Waals surface area (Å²) in [4.78, 5) is 24.4. The van der Waals surface area contributed by atoms with Crippen molar-refractivity contribution in [2.75, 3.05) is 5.32 Å². The zero-order valence-electron chi connectivity index (χ0n) is 12.7. The Morgan fingerprint density at radius 1 is 1.26 bits per heavy atom. The van der Waals surface area contributed by atoms with E-state index in [1.165, 1.54) is 12.1 Å². The smallest absolute Gasteiger partial charge is 0.228 e. The standard InChI is InChI=1S/C18H17FN2O2/c1-11(12-5-3-2-4-6-12)20-18(23)15-10-17(22)21-16-9-13(19)7-8-14(15)16/h2-9,11,15H,10H2,1H3,(H,20,23)(H,21,22)/t11-,15+/m1/s1. The van der Waals surface area contributed by atoms with E-state index in [1.54, 1.807) is 6.07 Å². The van der Waals surface area contributed by atoms with Crippen LogP contribution in [0.2, 0.25) is 0 Å². The molecule has 0 unspecified atom stereocenters. The normalized spacial score (nSPS) is 17.8. The second kappa shape index (κ2) is 6.20. The van der Waals surface area contributed by atoms with Crippen molar-refractivity contribution in [1.82, 2.24) is 5.32 Å². The van der Waals surface area contributed by atoms with E-state index >= 15 is 0 Å². The van der Waals surface area contributed by atoms with Crippen molar-refractivity contribution in [3.8, 4) is 0 Å². The number of fused-ring (bicyclic) bond motifs is 1. The van der Waals surface area contributed by atoms with E-state index in [9.17, 15) is 14.0 Å². The first-order chi connectivity index (χ1) is 11.0. The minimum absolute atomic E-state index is 0.0615. The molecule has 2 N–H and O–H groups in total. The third kappa shape index (κ3) is 3.23. The summed E-state index contributed by atoms with van der Waals surface area (Å²) in [6.07, 6.45) is 0.0615. The molecule has 0 spiro atoms. The number of hydrogen-bond donors (Lipinski definition) is 2. The van der Waals surface area contributed by atoms with E-state index in [0.29, 0.717) is 11.3 Å². The number of anilines is 1. The van der Waals surface area contributed by atoms with Crippen molar-refractivity contribution < 1.29 is 14.0 Å². The first-order valence-electron chi connectivity index (χ1n) is 7.49. The summed E-state index contributed by atoms with van der Waals surface area (Å²) in [7, 11) is 0. The maximum atomic E-state index is 13.3. The first-order valence-corrected chi connectivity index (χ1v) is 7.49. The fourth-order valence-electron chi connectivity index (χ4n) is 2.81. The van der Waals surface area contributed by atoms with Gasteiger partial charge in [0.2, 0.25) is 11.8 Å². The zero-order chi connectivity index (χ0) is 16.4. The lowest BCUT2D eigenvalue weighted by atomic mass is 9.89. The highest BCUT2D eigenvalue weighted by molar-refractivity contribution is 6.01. The molecule has 23 heavy (non-hydrogen) atoms. The topological polar surface area (TPSA) is 58.2 Å². The molecule has 0 saturated heterocycles. The Balaban J connectivity index is 1.81. The van der Waals surface area contributed by atoms with E-state index in [2.05, 4.69) is 10.6 Å². The number of halogens is 1. The van der Waals surface area contributed by atoms with Crippen LogP contribution in [-0.4, -0.2) is 11.8 Å². The molecule has 2 atom stereocenters. The van der Waals surface area contributed by atoms with Gasteiger partial charge in [-0.1, -0.05) is 36.4 Å². The minimum atomic E-state index is -0.606. The fraction of sp³-hybridized carbons (Fsp3) is 0.222. The summed E-state index contributed by atoms with van der Waals surface area (Å²) in [5.74, 6) is -1.56. The average Bonchev–Trinajstić information content (AvgIpc) is 2.54. The van der Waals surface area contributed by atoms with Crippen molar-refractivity contribution >= 4 is 17.5 Å². The summed E-state index contributed by atoms with van der Waals surface area (Å²) in [5, 5.41) is 5.54. The lowest BCUT2D eigenvalue weighted by molar-refractivity contribution is -0.126. The highest BCUT2D eigenvalue weighted by atomic mass is 19.1. The molecule has 1 aliphatic heterocycles. The fourth-order valence-corrected chi connectivity index (χ4v) is 2.81. The largest absolute Gasteiger partial charge is 0.349 e. The second-order valence-electron chi connectivity index (χ2n) is 5.68. The Kier molecular flexibility index (Phi) is 4.10. The number of hydrogen-bond acceptors (Lipinski definition) is 2. The van der Waals surface area contributed by atoms with Crippen molar-refractivity contribution in [2.24, 2.45) is 0 Å². The Hall–Kier alpha value is -2.69. The van der Waals surface area contributed by atoms with E-state index in [4.69, 9.17) is 0 Å². The minimum Gasteiger partial charge on any atom is -0.349 e. The van der Waals surface area contributed by atoms with Gasteiger partial charge in [0, 0.05) is 12.1 Å². The molecule has 0 saturated carbocycles. The molecule has 0 radical (unpaired) electrons. The van der Waals surface area contributed by atoms with Gasteiger partial charge in [-0.15, -0.1) is 0 Å². The molecule has 0 aliphatic carbocycles. The van der Waals surface area contributed by atoms with Gasteiger partial charge in [-0.25, -0.2) is 4.39 Å². The molecular formula is C18H17FN2O2. The average molecular weight is 312 g/mol. The molecule has 2 aromatic rings. The van der Waals surface area contributed by atoms with Gasteiger partial charge in [0.1, 0.15) is 5.82 Å². The summed E-state index contributed by atoms with van der Waals surface area (Å²) >= 11 is 0. The Labute approximate surface area is 133 Å². The lowest BCUT2D eigenvalue weighted by Crippen LogP contribution is -2.36. The van der Waals surface area contributed by atoms with Crippen molar-refractivity contribution in [1.29, 1.82) is 0 Å². The van der Waals surface area contributed by atoms with Crippen molar-refractivity contribution in [3.63, 3.8) is 0 Å². The molecule has 1 heterocycles. The van der Waals surface area contributed by atoms with Crippen LogP contribution in [-0.2, 0) is 9.59 Å². The second-order valence-corrected chi connectivity index (χ2v) is 5.68. The molecular weight excluding hydrogens is 295 g/mol. The van der Waals surface area contributed by atoms with Gasteiger partial charge in [-0.2, -0.15) is 0 Å². The van der Waals surface area contributed by atoms with Crippen LogP contribution in [0.1, 0.15) is 36.4 Å². The Morgan fingerprint density at radius 2 is 2.00 bits per heavy atom. The molecule has 2 aromatic carbocycles. The monoisotopic (exact) mass is 312 g/mol. The number of benzene rings is 2. The van der Waals surface area contributed by atoms with Gasteiger partial charge in [0.05, 0.1) is 12.0 Å². The van der Waals surface area contributed by atoms with E-state index in [1.807, 2.05) is 37.3 Å². The van der Waals surface area contributed by atoms with Gasteiger partial charge < -0.3 is 10.6 Å². The summed E-state index contributed by atoms with van der Waals surface area (Å²) < 4.78 is 13.3. The first kappa shape index (κ1) is 15.2. The maximum absolute atomic E-state index is 13.3. The number of amides is 2. The maximum Gasteiger partial charge on any atom is 0.228 e. The van der Waals surface area contributed by atoms with Crippen molar-refractivity contribution in [2.45, 2.75) is 25.3 Å². The predicted molar refractivity (Wildman–Crippen MR) is 85.4 cm³/mol. The zero-order valence-corrected chi connectivity index (χ0v) is 12.7. The van der Waals surface area contributed by atoms with E-state index in [-0.39, 0.29) is 24.3 Å². The van der Waals surface area contributed by atoms with Gasteiger partial charge in [0.25, 0.3) is 0 Å². The molecule has 4 nitrogen and oxygen atoms in total. The molecule has 3 rings (SSSR count). The molecule has 118 valence electrons. The number of nitrogens with one attached hydrogen (secondary N) is 2. The molecule has 0 aromatic heterocycles. The Bertz CT molecular complexity index is 746. The number of carbonyl (C=O) groups is 2. The van der Waals surface area contributed by atoms with Crippen LogP contribution in [0.5, 0.6) is 0 Å². The van der Waals surface area contributed by atoms with Gasteiger partial charge >= 0.3 is 0 Å². The lowest BCUT2D eigenvalue weighted by Gasteiger charge is -2.26. The highest BCUT2D eigenvalue weighted by Crippen LogP contribution is 2.33. The molecule has 0 bridgehead atoms. The molecule has 0 fully saturated rings. The summed E-state index contributed by atoms with van der Waals surface area (Å²) in [6, 6.07) is 13.5. The summed E-state index contributed by atoms with van der Waals surface area (Å²) in [6.45, 7) is 1.89. The van der Waals surface area contributed by atoms with Crippen LogP contribution in [0.15, 0.2) is 48.5 Å². The summed E-state index contributed by atoms with van der Waals surface area (Å²) in [5.41, 5.74) is 2.00. The van der Waals surface area contributed by atoms with Crippen LogP contribution in [0.25, 0.3) is 0 Å². The van der Waals surface area contributed by atoms with E-state index < -0.39 is 11.7 Å². The van der Waals surface area contributed by atoms with Gasteiger partial charge in [-0.3, -0.25) is 9.59 Å². The van der Waals surface area contributed by atoms with Crippen LogP contribution in [0, 0.1) is 5.82 Å². The third-order valence-corrected chi connectivity index (χ3v) is 4.03. The van der Waals surface area contributed by atoms with E-state index in [0.717, 1.165) is 5.56 Å². The van der Waals surface area contributed by atoms with Gasteiger partial charge in [0.15, 0.2) is 0 Å². The van der Waals surface area contributed by atoms with Crippen LogP contribution in [0.4, 0.5) is 10.1 Å². The Morgan fingerprint density at radius 3 is 2.74 bits per heavy atom. The van der Waals surface area contributed by atoms with Crippen LogP contribution < -0.4 is 10.6 Å². The predicted octanol–water partition coefficient (Wildman–Crippen LogP) is 3.13. The van der Waals surface area contributed by atoms with Gasteiger partial charge in [-0.05, 0) is 30.2 Å². The van der Waals surface area contributed by atoms with Crippen molar-refractivity contribution in [3.05, 3.63) is 65.5 Å². The SMILES string of the molecule is C[C@@H](NC(=O)[C@H]1CC(=O)Nc2cc(F)ccc21)c1ccccc1. The van der Waals surface area contributed by atoms with Crippen LogP contribution in [0.3, 0.4) is 0 Å². The number of carbonyl (C=O) groups excluding carboxylic acids is 2. The number of rotatable bonds is 3. The van der Waals surface area contributed by atoms with Crippen LogP contribution >= 0.6 is 0 Å². The molecule has 1 aliphatic rings. The third-order valence-electron chi connectivity index (χ3n) is 4.03. The highest BCUT2D eigenvalue weighted by Gasteiger charge is 2.31.